The smallest absolute Gasteiger partial charge is 0.298 e. The molecule has 2 aromatic carbocycles. The lowest BCUT2D eigenvalue weighted by Gasteiger charge is -2.53. The van der Waals surface area contributed by atoms with Gasteiger partial charge in [-0.15, -0.1) is 0 Å². The number of amides is 1. The van der Waals surface area contributed by atoms with E-state index in [1.54, 1.807) is 22.2 Å². The normalized spacial score (nSPS) is 19.2. The van der Waals surface area contributed by atoms with E-state index < -0.39 is 17.9 Å². The topological polar surface area (TPSA) is 80.3 Å². The Labute approximate surface area is 210 Å². The van der Waals surface area contributed by atoms with Gasteiger partial charge in [0.05, 0.1) is 29.7 Å². The minimum absolute atomic E-state index is 0.0456. The molecule has 6 rings (SSSR count). The SMILES string of the molecule is Cc1ccc(-n2nccn2)c(C(=O)N2C[C@@H]3CCN(c4nc(C(F)F)c(-c5cccc(F)c5)o4)C[C@@H]32)c1. The zero-order valence-corrected chi connectivity index (χ0v) is 19.9. The molecule has 190 valence electrons. The van der Waals surface area contributed by atoms with Crippen LogP contribution in [0.2, 0.25) is 0 Å². The van der Waals surface area contributed by atoms with Gasteiger partial charge in [0.1, 0.15) is 5.82 Å². The van der Waals surface area contributed by atoms with Crippen molar-refractivity contribution in [1.29, 1.82) is 0 Å². The molecule has 0 saturated carbocycles. The van der Waals surface area contributed by atoms with Gasteiger partial charge >= 0.3 is 0 Å². The number of nitrogens with zero attached hydrogens (tertiary/aromatic N) is 6. The van der Waals surface area contributed by atoms with Gasteiger partial charge in [0, 0.05) is 31.1 Å². The van der Waals surface area contributed by atoms with Crippen molar-refractivity contribution in [3.63, 3.8) is 0 Å². The van der Waals surface area contributed by atoms with Crippen LogP contribution >= 0.6 is 0 Å². The van der Waals surface area contributed by atoms with Crippen molar-refractivity contribution < 1.29 is 22.4 Å². The number of anilines is 1. The lowest BCUT2D eigenvalue weighted by atomic mass is 9.81. The van der Waals surface area contributed by atoms with Crippen LogP contribution in [-0.2, 0) is 0 Å². The van der Waals surface area contributed by atoms with Gasteiger partial charge in [-0.05, 0) is 37.6 Å². The Hall–Kier alpha value is -4.15. The number of carbonyl (C=O) groups is 1. The number of benzene rings is 2. The minimum Gasteiger partial charge on any atom is -0.423 e. The molecule has 2 atom stereocenters. The van der Waals surface area contributed by atoms with Crippen LogP contribution in [0.4, 0.5) is 19.2 Å². The summed E-state index contributed by atoms with van der Waals surface area (Å²) in [5.41, 5.74) is 1.69. The Morgan fingerprint density at radius 3 is 2.68 bits per heavy atom. The second kappa shape index (κ2) is 9.06. The first-order valence-electron chi connectivity index (χ1n) is 12.0. The minimum atomic E-state index is -2.88. The molecule has 37 heavy (non-hydrogen) atoms. The first-order chi connectivity index (χ1) is 17.9. The summed E-state index contributed by atoms with van der Waals surface area (Å²) in [6.07, 6.45) is 0.979. The maximum Gasteiger partial charge on any atom is 0.298 e. The van der Waals surface area contributed by atoms with Crippen molar-refractivity contribution in [2.24, 2.45) is 5.92 Å². The molecule has 0 bridgehead atoms. The molecule has 1 amide bonds. The molecule has 2 aromatic heterocycles. The lowest BCUT2D eigenvalue weighted by molar-refractivity contribution is 0.00722. The lowest BCUT2D eigenvalue weighted by Crippen LogP contribution is -2.65. The average molecular weight is 509 g/mol. The van der Waals surface area contributed by atoms with E-state index in [1.165, 1.54) is 23.0 Å². The fourth-order valence-electron chi connectivity index (χ4n) is 5.13. The molecular weight excluding hydrogens is 485 g/mol. The van der Waals surface area contributed by atoms with Crippen LogP contribution in [0.3, 0.4) is 0 Å². The zero-order chi connectivity index (χ0) is 25.7. The van der Waals surface area contributed by atoms with E-state index in [2.05, 4.69) is 15.2 Å². The Kier molecular flexibility index (Phi) is 5.69. The summed E-state index contributed by atoms with van der Waals surface area (Å²) >= 11 is 0. The molecule has 4 aromatic rings. The van der Waals surface area contributed by atoms with Crippen LogP contribution in [0.1, 0.15) is 34.5 Å². The molecule has 0 N–H and O–H groups in total. The number of carbonyl (C=O) groups excluding carboxylic acids is 1. The van der Waals surface area contributed by atoms with Gasteiger partial charge in [-0.1, -0.05) is 23.8 Å². The predicted octanol–water partition coefficient (Wildman–Crippen LogP) is 4.66. The van der Waals surface area contributed by atoms with Crippen LogP contribution in [0.5, 0.6) is 0 Å². The number of oxazole rings is 1. The molecule has 0 aliphatic carbocycles. The maximum absolute atomic E-state index is 13.8. The average Bonchev–Trinajstić information content (AvgIpc) is 3.55. The summed E-state index contributed by atoms with van der Waals surface area (Å²) in [5, 5.41) is 8.34. The van der Waals surface area contributed by atoms with Gasteiger partial charge < -0.3 is 14.2 Å². The van der Waals surface area contributed by atoms with Crippen molar-refractivity contribution in [3.05, 3.63) is 77.5 Å². The zero-order valence-electron chi connectivity index (χ0n) is 19.9. The van der Waals surface area contributed by atoms with Gasteiger partial charge in [0.25, 0.3) is 18.3 Å². The molecule has 4 heterocycles. The number of hydrogen-bond acceptors (Lipinski definition) is 6. The van der Waals surface area contributed by atoms with Crippen LogP contribution in [-0.4, -0.2) is 56.5 Å². The van der Waals surface area contributed by atoms with E-state index in [4.69, 9.17) is 4.42 Å². The number of fused-ring (bicyclic) bond motifs is 1. The van der Waals surface area contributed by atoms with Crippen LogP contribution < -0.4 is 4.90 Å². The summed E-state index contributed by atoms with van der Waals surface area (Å²) in [6, 6.07) is 10.8. The first-order valence-corrected chi connectivity index (χ1v) is 12.0. The van der Waals surface area contributed by atoms with E-state index in [1.807, 2.05) is 25.1 Å². The highest BCUT2D eigenvalue weighted by Gasteiger charge is 2.46. The summed E-state index contributed by atoms with van der Waals surface area (Å²) < 4.78 is 47.1. The molecule has 2 aliphatic rings. The van der Waals surface area contributed by atoms with Crippen molar-refractivity contribution in [2.75, 3.05) is 24.5 Å². The highest BCUT2D eigenvalue weighted by Crippen LogP contribution is 2.39. The van der Waals surface area contributed by atoms with Gasteiger partial charge in [-0.2, -0.15) is 20.0 Å². The van der Waals surface area contributed by atoms with Crippen molar-refractivity contribution >= 4 is 11.9 Å². The third-order valence-corrected chi connectivity index (χ3v) is 7.04. The fraction of sp³-hybridized carbons (Fsp3) is 0.308. The number of halogens is 3. The molecule has 0 spiro atoms. The molecule has 2 saturated heterocycles. The highest BCUT2D eigenvalue weighted by atomic mass is 19.3. The third-order valence-electron chi connectivity index (χ3n) is 7.04. The molecule has 11 heteroatoms. The van der Waals surface area contributed by atoms with E-state index >= 15 is 0 Å². The second-order valence-corrected chi connectivity index (χ2v) is 9.38. The van der Waals surface area contributed by atoms with Gasteiger partial charge in [-0.25, -0.2) is 13.2 Å². The monoisotopic (exact) mass is 508 g/mol. The Balaban J connectivity index is 1.26. The Morgan fingerprint density at radius 1 is 1.11 bits per heavy atom. The van der Waals surface area contributed by atoms with Crippen molar-refractivity contribution in [3.8, 4) is 17.0 Å². The summed E-state index contributed by atoms with van der Waals surface area (Å²) in [7, 11) is 0. The van der Waals surface area contributed by atoms with E-state index in [-0.39, 0.29) is 29.3 Å². The highest BCUT2D eigenvalue weighted by molar-refractivity contribution is 5.98. The Morgan fingerprint density at radius 2 is 1.92 bits per heavy atom. The largest absolute Gasteiger partial charge is 0.423 e. The van der Waals surface area contributed by atoms with Crippen LogP contribution in [0.25, 0.3) is 17.0 Å². The number of aromatic nitrogens is 4. The molecule has 0 radical (unpaired) electrons. The molecule has 2 fully saturated rings. The first kappa shape index (κ1) is 23.3. The van der Waals surface area contributed by atoms with Crippen LogP contribution in [0, 0.1) is 18.7 Å². The van der Waals surface area contributed by atoms with Crippen LogP contribution in [0.15, 0.2) is 59.3 Å². The molecule has 8 nitrogen and oxygen atoms in total. The van der Waals surface area contributed by atoms with Crippen molar-refractivity contribution in [1.82, 2.24) is 24.9 Å². The summed E-state index contributed by atoms with van der Waals surface area (Å²) in [5.74, 6) is -0.547. The number of aryl methyl sites for hydroxylation is 1. The quantitative estimate of drug-likeness (QED) is 0.390. The van der Waals surface area contributed by atoms with E-state index in [0.29, 0.717) is 36.8 Å². The number of alkyl halides is 2. The molecular formula is C26H23F3N6O2. The third kappa shape index (κ3) is 4.13. The standard InChI is InChI=1S/C26H23F3N6O2/c1-15-5-6-20(35-30-8-9-31-35)19(11-15)25(36)34-13-17-7-10-33(14-21(17)34)26-32-22(24(28)29)23(37-26)16-3-2-4-18(27)12-16/h2-6,8-9,11-12,17,21,24H,7,10,13-14H2,1H3/t17-,21-/m0/s1. The fourth-order valence-corrected chi connectivity index (χ4v) is 5.13. The number of likely N-dealkylation sites (tertiary alicyclic amines) is 1. The number of rotatable bonds is 5. The van der Waals surface area contributed by atoms with E-state index in [9.17, 15) is 18.0 Å². The number of piperidine rings is 1. The van der Waals surface area contributed by atoms with E-state index in [0.717, 1.165) is 18.1 Å². The van der Waals surface area contributed by atoms with Gasteiger partial charge in [-0.3, -0.25) is 4.79 Å². The summed E-state index contributed by atoms with van der Waals surface area (Å²) in [6.45, 7) is 3.47. The molecule has 0 unspecified atom stereocenters. The molecule has 2 aliphatic heterocycles. The Bertz CT molecular complexity index is 1450. The van der Waals surface area contributed by atoms with Gasteiger partial charge in [0.15, 0.2) is 11.5 Å². The van der Waals surface area contributed by atoms with Crippen molar-refractivity contribution in [2.45, 2.75) is 25.8 Å². The maximum atomic E-state index is 13.8. The summed E-state index contributed by atoms with van der Waals surface area (Å²) in [4.78, 5) is 22.7. The second-order valence-electron chi connectivity index (χ2n) is 9.38. The van der Waals surface area contributed by atoms with Gasteiger partial charge in [0.2, 0.25) is 0 Å². The predicted molar refractivity (Wildman–Crippen MR) is 128 cm³/mol. The number of hydrogen-bond donors (Lipinski definition) is 0.